The summed E-state index contributed by atoms with van der Waals surface area (Å²) in [6.07, 6.45) is -5.87. The van der Waals surface area contributed by atoms with Gasteiger partial charge in [0.1, 0.15) is 24.9 Å². The summed E-state index contributed by atoms with van der Waals surface area (Å²) in [4.78, 5) is 10.8. The molecule has 1 fully saturated rings. The molecule has 1 saturated heterocycles. The van der Waals surface area contributed by atoms with E-state index in [-0.39, 0.29) is 0 Å². The van der Waals surface area contributed by atoms with Crippen molar-refractivity contribution < 1.29 is 30.0 Å². The quantitative estimate of drug-likeness (QED) is 0.358. The molecule has 12 heavy (non-hydrogen) atoms. The fourth-order valence-corrected chi connectivity index (χ4v) is 1.02. The molecule has 1 aliphatic heterocycles. The number of aliphatic hydroxyl groups is 4. The van der Waals surface area contributed by atoms with Crippen LogP contribution in [0.2, 0.25) is 0 Å². The monoisotopic (exact) mass is 178 g/mol. The number of ether oxygens (including phenoxy) is 1. The third kappa shape index (κ3) is 1.47. The maximum Gasteiger partial charge on any atom is 0.189 e. The molecule has 0 bridgehead atoms. The third-order valence-electron chi connectivity index (χ3n) is 1.71. The molecule has 6 heteroatoms. The van der Waals surface area contributed by atoms with Crippen molar-refractivity contribution in [3.8, 4) is 0 Å². The Morgan fingerprint density at radius 2 is 1.83 bits per heavy atom. The van der Waals surface area contributed by atoms with Crippen LogP contribution in [0.15, 0.2) is 0 Å². The van der Waals surface area contributed by atoms with E-state index in [9.17, 15) is 4.79 Å². The van der Waals surface area contributed by atoms with Crippen molar-refractivity contribution in [2.45, 2.75) is 24.6 Å². The zero-order valence-electron chi connectivity index (χ0n) is 6.12. The highest BCUT2D eigenvalue weighted by Gasteiger charge is 2.44. The first-order valence-corrected chi connectivity index (χ1v) is 3.41. The molecule has 1 rings (SSSR count). The van der Waals surface area contributed by atoms with Gasteiger partial charge in [-0.15, -0.1) is 0 Å². The molecule has 70 valence electrons. The van der Waals surface area contributed by atoms with Crippen LogP contribution in [-0.4, -0.2) is 57.4 Å². The molecule has 4 atom stereocenters. The van der Waals surface area contributed by atoms with Crippen molar-refractivity contribution in [2.24, 2.45) is 0 Å². The van der Waals surface area contributed by atoms with E-state index in [2.05, 4.69) is 4.74 Å². The largest absolute Gasteiger partial charge is 0.388 e. The number of carbonyl (C=O) groups excluding carboxylic acids is 1. The van der Waals surface area contributed by atoms with Crippen LogP contribution < -0.4 is 0 Å². The van der Waals surface area contributed by atoms with Crippen LogP contribution in [0.25, 0.3) is 0 Å². The topological polar surface area (TPSA) is 107 Å². The summed E-state index contributed by atoms with van der Waals surface area (Å²) in [5.74, 6) is -0.766. The fourth-order valence-electron chi connectivity index (χ4n) is 1.02. The molecule has 4 N–H and O–H groups in total. The number of Topliss-reactive ketones (excluding diaryl/α,β-unsaturated/α-hetero) is 1. The molecule has 0 aromatic carbocycles. The third-order valence-corrected chi connectivity index (χ3v) is 1.71. The Bertz CT molecular complexity index is 181. The smallest absolute Gasteiger partial charge is 0.189 e. The first kappa shape index (κ1) is 9.56. The van der Waals surface area contributed by atoms with Gasteiger partial charge < -0.3 is 25.2 Å². The van der Waals surface area contributed by atoms with Crippen LogP contribution in [0.4, 0.5) is 0 Å². The average molecular weight is 178 g/mol. The van der Waals surface area contributed by atoms with Gasteiger partial charge in [-0.3, -0.25) is 4.79 Å². The Kier molecular flexibility index (Phi) is 2.76. The van der Waals surface area contributed by atoms with Crippen LogP contribution in [0.5, 0.6) is 0 Å². The highest BCUT2D eigenvalue weighted by atomic mass is 16.6. The van der Waals surface area contributed by atoms with E-state index in [4.69, 9.17) is 20.4 Å². The lowest BCUT2D eigenvalue weighted by molar-refractivity contribution is -0.151. The number of aliphatic hydroxyl groups excluding tert-OH is 4. The van der Waals surface area contributed by atoms with Crippen LogP contribution in [0.1, 0.15) is 0 Å². The van der Waals surface area contributed by atoms with Gasteiger partial charge in [0, 0.05) is 0 Å². The minimum absolute atomic E-state index is 0.766. The minimum atomic E-state index is -1.57. The minimum Gasteiger partial charge on any atom is -0.388 e. The predicted molar refractivity (Wildman–Crippen MR) is 35.0 cm³/mol. The van der Waals surface area contributed by atoms with Crippen molar-refractivity contribution >= 4 is 5.78 Å². The lowest BCUT2D eigenvalue weighted by Crippen LogP contribution is -2.37. The first-order valence-electron chi connectivity index (χ1n) is 3.41. The molecule has 0 spiro atoms. The SMILES string of the molecule is O=C(CO)[C@H]1O[C@@H](O)[C@@H](O)[C@H]1O. The number of hydrogen-bond acceptors (Lipinski definition) is 6. The van der Waals surface area contributed by atoms with Crippen molar-refractivity contribution in [1.29, 1.82) is 0 Å². The van der Waals surface area contributed by atoms with Gasteiger partial charge in [0.25, 0.3) is 0 Å². The lowest BCUT2D eigenvalue weighted by atomic mass is 10.1. The standard InChI is InChI=1S/C6H10O6/c7-1-2(8)5-3(9)4(10)6(11)12-5/h3-7,9-11H,1H2/t3-,4+,5-,6-/m1/s1. The second-order valence-corrected chi connectivity index (χ2v) is 2.55. The zero-order chi connectivity index (χ0) is 9.30. The number of hydrogen-bond donors (Lipinski definition) is 4. The molecule has 0 aromatic rings. The summed E-state index contributed by atoms with van der Waals surface area (Å²) >= 11 is 0. The molecule has 1 aliphatic rings. The van der Waals surface area contributed by atoms with Crippen LogP contribution in [0, 0.1) is 0 Å². The van der Waals surface area contributed by atoms with Gasteiger partial charge in [-0.1, -0.05) is 0 Å². The van der Waals surface area contributed by atoms with Crippen LogP contribution in [0.3, 0.4) is 0 Å². The molecule has 1 heterocycles. The molecule has 0 saturated carbocycles. The first-order chi connectivity index (χ1) is 5.57. The van der Waals surface area contributed by atoms with Crippen molar-refractivity contribution in [3.05, 3.63) is 0 Å². The van der Waals surface area contributed by atoms with Gasteiger partial charge in [0.15, 0.2) is 12.1 Å². The maximum atomic E-state index is 10.8. The Hall–Kier alpha value is -0.530. The second-order valence-electron chi connectivity index (χ2n) is 2.55. The molecule has 0 aliphatic carbocycles. The average Bonchev–Trinajstić information content (AvgIpc) is 2.32. The van der Waals surface area contributed by atoms with Crippen LogP contribution >= 0.6 is 0 Å². The predicted octanol–water partition coefficient (Wildman–Crippen LogP) is -3.01. The summed E-state index contributed by atoms with van der Waals surface area (Å²) in [5, 5.41) is 35.2. The molecular formula is C6H10O6. The molecule has 0 unspecified atom stereocenters. The number of ketones is 1. The summed E-state index contributed by atoms with van der Waals surface area (Å²) in [5.41, 5.74) is 0. The van der Waals surface area contributed by atoms with E-state index in [1.807, 2.05) is 0 Å². The van der Waals surface area contributed by atoms with Gasteiger partial charge in [-0.2, -0.15) is 0 Å². The molecular weight excluding hydrogens is 168 g/mol. The summed E-state index contributed by atoms with van der Waals surface area (Å²) < 4.78 is 4.48. The van der Waals surface area contributed by atoms with E-state index in [0.29, 0.717) is 0 Å². The molecule has 0 amide bonds. The molecule has 0 radical (unpaired) electrons. The lowest BCUT2D eigenvalue weighted by Gasteiger charge is -2.10. The van der Waals surface area contributed by atoms with Gasteiger partial charge in [0.05, 0.1) is 0 Å². The molecule has 6 nitrogen and oxygen atoms in total. The van der Waals surface area contributed by atoms with Crippen molar-refractivity contribution in [3.63, 3.8) is 0 Å². The highest BCUT2D eigenvalue weighted by Crippen LogP contribution is 2.19. The van der Waals surface area contributed by atoms with Gasteiger partial charge in [0.2, 0.25) is 0 Å². The number of carbonyl (C=O) groups is 1. The van der Waals surface area contributed by atoms with E-state index in [1.165, 1.54) is 0 Å². The normalized spacial score (nSPS) is 41.7. The van der Waals surface area contributed by atoms with Gasteiger partial charge in [-0.05, 0) is 0 Å². The Labute approximate surface area is 68.0 Å². The fraction of sp³-hybridized carbons (Fsp3) is 0.833. The zero-order valence-corrected chi connectivity index (χ0v) is 6.12. The second kappa shape index (κ2) is 3.46. The van der Waals surface area contributed by atoms with Gasteiger partial charge in [-0.25, -0.2) is 0 Å². The Morgan fingerprint density at radius 3 is 2.17 bits per heavy atom. The van der Waals surface area contributed by atoms with E-state index >= 15 is 0 Å². The Balaban J connectivity index is 2.64. The Morgan fingerprint density at radius 1 is 1.25 bits per heavy atom. The van der Waals surface area contributed by atoms with E-state index < -0.39 is 37.0 Å². The summed E-state index contributed by atoms with van der Waals surface area (Å²) in [6, 6.07) is 0. The maximum absolute atomic E-state index is 10.8. The van der Waals surface area contributed by atoms with Crippen molar-refractivity contribution in [2.75, 3.05) is 6.61 Å². The molecule has 0 aromatic heterocycles. The van der Waals surface area contributed by atoms with E-state index in [1.54, 1.807) is 0 Å². The summed E-state index contributed by atoms with van der Waals surface area (Å²) in [6.45, 7) is -0.791. The van der Waals surface area contributed by atoms with Crippen molar-refractivity contribution in [1.82, 2.24) is 0 Å². The highest BCUT2D eigenvalue weighted by molar-refractivity contribution is 5.85. The summed E-state index contributed by atoms with van der Waals surface area (Å²) in [7, 11) is 0. The van der Waals surface area contributed by atoms with Gasteiger partial charge >= 0.3 is 0 Å². The van der Waals surface area contributed by atoms with Crippen LogP contribution in [-0.2, 0) is 9.53 Å². The van der Waals surface area contributed by atoms with E-state index in [0.717, 1.165) is 0 Å². The number of rotatable bonds is 2.